The first-order chi connectivity index (χ1) is 5.22. The maximum absolute atomic E-state index is 9.16. The maximum Gasteiger partial charge on any atom is 0.194 e. The van der Waals surface area contributed by atoms with Crippen molar-refractivity contribution < 1.29 is 14.6 Å². The predicted octanol–water partition coefficient (Wildman–Crippen LogP) is 1.38. The number of ether oxygens (including phenoxy) is 2. The lowest BCUT2D eigenvalue weighted by atomic mass is 10.1. The van der Waals surface area contributed by atoms with Crippen LogP contribution in [0, 0.1) is 0 Å². The molecule has 0 aromatic carbocycles. The second kappa shape index (κ2) is 3.07. The lowest BCUT2D eigenvalue weighted by Gasteiger charge is -2.28. The van der Waals surface area contributed by atoms with Crippen LogP contribution in [-0.2, 0) is 9.47 Å². The molecule has 0 aliphatic heterocycles. The molecule has 0 aromatic heterocycles. The van der Waals surface area contributed by atoms with Crippen LogP contribution in [0.5, 0.6) is 0 Å². The van der Waals surface area contributed by atoms with Crippen LogP contribution in [0.2, 0.25) is 0 Å². The maximum atomic E-state index is 9.16. The van der Waals surface area contributed by atoms with Crippen molar-refractivity contribution in [1.29, 1.82) is 0 Å². The smallest absolute Gasteiger partial charge is 0.194 e. The quantitative estimate of drug-likeness (QED) is 0.614. The van der Waals surface area contributed by atoms with Crippen LogP contribution in [0.4, 0.5) is 0 Å². The molecular formula is C8H12O3. The lowest BCUT2D eigenvalue weighted by Crippen LogP contribution is -2.32. The minimum atomic E-state index is -0.765. The Balaban J connectivity index is 2.75. The molecular weight excluding hydrogens is 144 g/mol. The number of aliphatic hydroxyl groups excluding tert-OH is 1. The Kier molecular flexibility index (Phi) is 2.31. The molecule has 0 atom stereocenters. The van der Waals surface area contributed by atoms with Gasteiger partial charge >= 0.3 is 0 Å². The van der Waals surface area contributed by atoms with E-state index in [1.807, 2.05) is 0 Å². The molecule has 0 amide bonds. The first-order valence-corrected chi connectivity index (χ1v) is 3.40. The van der Waals surface area contributed by atoms with Crippen LogP contribution in [-0.4, -0.2) is 25.1 Å². The van der Waals surface area contributed by atoms with Gasteiger partial charge in [-0.2, -0.15) is 0 Å². The van der Waals surface area contributed by atoms with Crippen LogP contribution in [0.25, 0.3) is 0 Å². The molecule has 1 aliphatic rings. The Bertz CT molecular complexity index is 190. The molecule has 3 heteroatoms. The monoisotopic (exact) mass is 156 g/mol. The van der Waals surface area contributed by atoms with Gasteiger partial charge in [-0.05, 0) is 12.2 Å². The second-order valence-electron chi connectivity index (χ2n) is 2.41. The standard InChI is InChI=1S/C8H12O3/c1-10-8(11-2)5-3-4-7(9)6-8/h3-5,9H,6H2,1-2H3. The van der Waals surface area contributed by atoms with E-state index in [9.17, 15) is 0 Å². The van der Waals surface area contributed by atoms with E-state index < -0.39 is 5.79 Å². The normalized spacial score (nSPS) is 21.5. The van der Waals surface area contributed by atoms with Crippen molar-refractivity contribution >= 4 is 0 Å². The Morgan fingerprint density at radius 2 is 2.09 bits per heavy atom. The Labute approximate surface area is 65.9 Å². The van der Waals surface area contributed by atoms with E-state index >= 15 is 0 Å². The van der Waals surface area contributed by atoms with Gasteiger partial charge in [0, 0.05) is 14.2 Å². The van der Waals surface area contributed by atoms with Crippen LogP contribution in [0.15, 0.2) is 24.0 Å². The zero-order valence-electron chi connectivity index (χ0n) is 6.70. The van der Waals surface area contributed by atoms with E-state index in [2.05, 4.69) is 0 Å². The summed E-state index contributed by atoms with van der Waals surface area (Å²) >= 11 is 0. The van der Waals surface area contributed by atoms with Crippen molar-refractivity contribution in [2.75, 3.05) is 14.2 Å². The first-order valence-electron chi connectivity index (χ1n) is 3.40. The largest absolute Gasteiger partial charge is 0.512 e. The number of hydrogen-bond donors (Lipinski definition) is 1. The predicted molar refractivity (Wildman–Crippen MR) is 41.2 cm³/mol. The van der Waals surface area contributed by atoms with E-state index in [0.29, 0.717) is 6.42 Å². The molecule has 0 saturated heterocycles. The van der Waals surface area contributed by atoms with Crippen LogP contribution in [0.1, 0.15) is 6.42 Å². The van der Waals surface area contributed by atoms with E-state index in [4.69, 9.17) is 14.6 Å². The number of rotatable bonds is 2. The van der Waals surface area contributed by atoms with E-state index in [1.165, 1.54) is 0 Å². The van der Waals surface area contributed by atoms with Gasteiger partial charge in [0.05, 0.1) is 12.2 Å². The molecule has 0 aromatic rings. The summed E-state index contributed by atoms with van der Waals surface area (Å²) in [5, 5.41) is 9.16. The molecule has 1 aliphatic carbocycles. The average molecular weight is 156 g/mol. The summed E-state index contributed by atoms with van der Waals surface area (Å²) in [6.45, 7) is 0. The van der Waals surface area contributed by atoms with Gasteiger partial charge < -0.3 is 14.6 Å². The minimum absolute atomic E-state index is 0.274. The molecule has 0 bridgehead atoms. The SMILES string of the molecule is COC1(OC)C=CC=C(O)C1. The molecule has 0 saturated carbocycles. The van der Waals surface area contributed by atoms with Gasteiger partial charge in [0.1, 0.15) is 0 Å². The van der Waals surface area contributed by atoms with Gasteiger partial charge in [-0.3, -0.25) is 0 Å². The van der Waals surface area contributed by atoms with Crippen molar-refractivity contribution in [2.45, 2.75) is 12.2 Å². The topological polar surface area (TPSA) is 38.7 Å². The Morgan fingerprint density at radius 1 is 1.45 bits per heavy atom. The highest BCUT2D eigenvalue weighted by Gasteiger charge is 2.29. The van der Waals surface area contributed by atoms with E-state index in [1.54, 1.807) is 32.4 Å². The summed E-state index contributed by atoms with van der Waals surface area (Å²) in [6, 6.07) is 0. The summed E-state index contributed by atoms with van der Waals surface area (Å²) in [6.07, 6.45) is 5.48. The summed E-state index contributed by atoms with van der Waals surface area (Å²) in [5.41, 5.74) is 0. The fourth-order valence-electron chi connectivity index (χ4n) is 1.04. The molecule has 62 valence electrons. The highest BCUT2D eigenvalue weighted by molar-refractivity contribution is 5.18. The Morgan fingerprint density at radius 3 is 2.45 bits per heavy atom. The molecule has 1 rings (SSSR count). The number of methoxy groups -OCH3 is 2. The fourth-order valence-corrected chi connectivity index (χ4v) is 1.04. The summed E-state index contributed by atoms with van der Waals surface area (Å²) in [4.78, 5) is 0. The fraction of sp³-hybridized carbons (Fsp3) is 0.500. The van der Waals surface area contributed by atoms with Crippen LogP contribution in [0.3, 0.4) is 0 Å². The van der Waals surface area contributed by atoms with Crippen molar-refractivity contribution in [1.82, 2.24) is 0 Å². The molecule has 0 heterocycles. The molecule has 11 heavy (non-hydrogen) atoms. The zero-order chi connectivity index (χ0) is 8.32. The molecule has 0 spiro atoms. The van der Waals surface area contributed by atoms with Gasteiger partial charge in [-0.15, -0.1) is 0 Å². The van der Waals surface area contributed by atoms with Gasteiger partial charge in [0.25, 0.3) is 0 Å². The molecule has 0 unspecified atom stereocenters. The van der Waals surface area contributed by atoms with Crippen molar-refractivity contribution in [2.24, 2.45) is 0 Å². The van der Waals surface area contributed by atoms with Crippen molar-refractivity contribution in [3.8, 4) is 0 Å². The molecule has 0 radical (unpaired) electrons. The molecule has 3 nitrogen and oxygen atoms in total. The van der Waals surface area contributed by atoms with E-state index in [0.717, 1.165) is 0 Å². The van der Waals surface area contributed by atoms with Gasteiger partial charge in [0.2, 0.25) is 0 Å². The number of hydrogen-bond acceptors (Lipinski definition) is 3. The van der Waals surface area contributed by atoms with E-state index in [-0.39, 0.29) is 5.76 Å². The Hall–Kier alpha value is -0.800. The number of allylic oxidation sites excluding steroid dienone is 2. The van der Waals surface area contributed by atoms with Gasteiger partial charge in [-0.25, -0.2) is 0 Å². The lowest BCUT2D eigenvalue weighted by molar-refractivity contribution is -0.173. The first kappa shape index (κ1) is 8.30. The number of aliphatic hydroxyl groups is 1. The third kappa shape index (κ3) is 1.61. The average Bonchev–Trinajstić information content (AvgIpc) is 2.04. The highest BCUT2D eigenvalue weighted by Crippen LogP contribution is 2.25. The van der Waals surface area contributed by atoms with Crippen molar-refractivity contribution in [3.63, 3.8) is 0 Å². The molecule has 1 N–H and O–H groups in total. The third-order valence-corrected chi connectivity index (χ3v) is 1.76. The zero-order valence-corrected chi connectivity index (χ0v) is 6.70. The third-order valence-electron chi connectivity index (χ3n) is 1.76. The second-order valence-corrected chi connectivity index (χ2v) is 2.41. The van der Waals surface area contributed by atoms with Crippen molar-refractivity contribution in [3.05, 3.63) is 24.0 Å². The highest BCUT2D eigenvalue weighted by atomic mass is 16.7. The summed E-state index contributed by atoms with van der Waals surface area (Å²) < 4.78 is 10.2. The molecule has 0 fully saturated rings. The summed E-state index contributed by atoms with van der Waals surface area (Å²) in [7, 11) is 3.10. The van der Waals surface area contributed by atoms with Gasteiger partial charge in [-0.1, -0.05) is 6.08 Å². The van der Waals surface area contributed by atoms with Crippen LogP contribution < -0.4 is 0 Å². The minimum Gasteiger partial charge on any atom is -0.512 e. The van der Waals surface area contributed by atoms with Gasteiger partial charge in [0.15, 0.2) is 5.79 Å². The van der Waals surface area contributed by atoms with Crippen LogP contribution >= 0.6 is 0 Å². The summed E-state index contributed by atoms with van der Waals surface area (Å²) in [5.74, 6) is -0.491.